The molecule has 0 radical (unpaired) electrons. The first-order valence-electron chi connectivity index (χ1n) is 6.92. The van der Waals surface area contributed by atoms with Gasteiger partial charge in [0.05, 0.1) is 12.1 Å². The Morgan fingerprint density at radius 2 is 2.32 bits per heavy atom. The van der Waals surface area contributed by atoms with Gasteiger partial charge < -0.3 is 10.2 Å². The molecule has 0 unspecified atom stereocenters. The van der Waals surface area contributed by atoms with Crippen molar-refractivity contribution in [3.8, 4) is 0 Å². The Kier molecular flexibility index (Phi) is 4.34. The van der Waals surface area contributed by atoms with Gasteiger partial charge in [-0.15, -0.1) is 5.10 Å². The second kappa shape index (κ2) is 5.99. The first-order valence-corrected chi connectivity index (χ1v) is 6.92. The Labute approximate surface area is 113 Å². The maximum atomic E-state index is 12.0. The highest BCUT2D eigenvalue weighted by atomic mass is 16.2. The zero-order chi connectivity index (χ0) is 13.8. The molecule has 19 heavy (non-hydrogen) atoms. The normalized spacial score (nSPS) is 16.2. The van der Waals surface area contributed by atoms with Gasteiger partial charge in [-0.05, 0) is 36.6 Å². The lowest BCUT2D eigenvalue weighted by Crippen LogP contribution is -2.39. The van der Waals surface area contributed by atoms with Crippen molar-refractivity contribution < 1.29 is 4.79 Å². The van der Waals surface area contributed by atoms with E-state index < -0.39 is 0 Å². The van der Waals surface area contributed by atoms with E-state index in [9.17, 15) is 4.79 Å². The molecule has 1 aliphatic carbocycles. The van der Waals surface area contributed by atoms with Crippen LogP contribution >= 0.6 is 0 Å². The number of urea groups is 1. The molecule has 0 aliphatic heterocycles. The van der Waals surface area contributed by atoms with Crippen molar-refractivity contribution in [3.05, 3.63) is 5.82 Å². The monoisotopic (exact) mass is 266 g/mol. The van der Waals surface area contributed by atoms with Crippen molar-refractivity contribution in [2.45, 2.75) is 51.6 Å². The summed E-state index contributed by atoms with van der Waals surface area (Å²) in [5.41, 5.74) is 0. The maximum Gasteiger partial charge on any atom is 0.317 e. The molecule has 1 fully saturated rings. The number of nitrogens with zero attached hydrogens (tertiary/aromatic N) is 5. The van der Waals surface area contributed by atoms with Crippen LogP contribution in [0.4, 0.5) is 4.79 Å². The van der Waals surface area contributed by atoms with Crippen LogP contribution < -0.4 is 5.32 Å². The summed E-state index contributed by atoms with van der Waals surface area (Å²) in [6.07, 6.45) is 4.33. The number of aromatic nitrogens is 4. The van der Waals surface area contributed by atoms with Crippen LogP contribution in [0.3, 0.4) is 0 Å². The van der Waals surface area contributed by atoms with Crippen LogP contribution in [0.15, 0.2) is 0 Å². The quantitative estimate of drug-likeness (QED) is 0.846. The SMILES string of the molecule is CCCCN(C)C(=O)N[C@H](C)c1nnnn1C1CC1. The molecule has 1 saturated carbocycles. The lowest BCUT2D eigenvalue weighted by Gasteiger charge is -2.20. The van der Waals surface area contributed by atoms with Crippen molar-refractivity contribution in [3.63, 3.8) is 0 Å². The minimum Gasteiger partial charge on any atom is -0.328 e. The number of carbonyl (C=O) groups is 1. The van der Waals surface area contributed by atoms with Crippen LogP contribution in [0.1, 0.15) is 57.4 Å². The molecule has 1 aromatic rings. The van der Waals surface area contributed by atoms with Gasteiger partial charge in [-0.3, -0.25) is 0 Å². The summed E-state index contributed by atoms with van der Waals surface area (Å²) < 4.78 is 1.83. The Bertz CT molecular complexity index is 428. The molecule has 2 amide bonds. The molecule has 1 N–H and O–H groups in total. The smallest absolute Gasteiger partial charge is 0.317 e. The molecular weight excluding hydrogens is 244 g/mol. The van der Waals surface area contributed by atoms with Crippen molar-refractivity contribution in [2.75, 3.05) is 13.6 Å². The van der Waals surface area contributed by atoms with Gasteiger partial charge >= 0.3 is 6.03 Å². The van der Waals surface area contributed by atoms with E-state index in [2.05, 4.69) is 27.8 Å². The molecule has 7 heteroatoms. The molecule has 1 heterocycles. The first kappa shape index (κ1) is 13.8. The van der Waals surface area contributed by atoms with E-state index in [0.29, 0.717) is 6.04 Å². The summed E-state index contributed by atoms with van der Waals surface area (Å²) in [7, 11) is 1.81. The van der Waals surface area contributed by atoms with Crippen LogP contribution in [0.2, 0.25) is 0 Å². The van der Waals surface area contributed by atoms with E-state index in [1.54, 1.807) is 4.90 Å². The van der Waals surface area contributed by atoms with Gasteiger partial charge in [0.1, 0.15) is 0 Å². The molecule has 7 nitrogen and oxygen atoms in total. The van der Waals surface area contributed by atoms with Gasteiger partial charge in [-0.25, -0.2) is 9.48 Å². The molecule has 0 aromatic carbocycles. The summed E-state index contributed by atoms with van der Waals surface area (Å²) >= 11 is 0. The lowest BCUT2D eigenvalue weighted by molar-refractivity contribution is 0.204. The number of nitrogens with one attached hydrogen (secondary N) is 1. The van der Waals surface area contributed by atoms with Gasteiger partial charge in [-0.1, -0.05) is 13.3 Å². The Hall–Kier alpha value is -1.66. The molecule has 2 rings (SSSR count). The molecule has 1 aromatic heterocycles. The zero-order valence-electron chi connectivity index (χ0n) is 11.8. The topological polar surface area (TPSA) is 75.9 Å². The highest BCUT2D eigenvalue weighted by Crippen LogP contribution is 2.35. The summed E-state index contributed by atoms with van der Waals surface area (Å²) in [5.74, 6) is 0.736. The maximum absolute atomic E-state index is 12.0. The van der Waals surface area contributed by atoms with E-state index in [4.69, 9.17) is 0 Å². The number of hydrogen-bond acceptors (Lipinski definition) is 4. The van der Waals surface area contributed by atoms with Crippen molar-refractivity contribution in [1.82, 2.24) is 30.4 Å². The number of amides is 2. The van der Waals surface area contributed by atoms with Gasteiger partial charge in [0, 0.05) is 13.6 Å². The summed E-state index contributed by atoms with van der Waals surface area (Å²) in [6.45, 7) is 4.79. The van der Waals surface area contributed by atoms with Crippen molar-refractivity contribution in [1.29, 1.82) is 0 Å². The number of hydrogen-bond donors (Lipinski definition) is 1. The summed E-state index contributed by atoms with van der Waals surface area (Å²) in [4.78, 5) is 13.7. The Balaban J connectivity index is 1.90. The standard InChI is InChI=1S/C12H22N6O/c1-4-5-8-17(3)12(19)13-9(2)11-14-15-16-18(11)10-6-7-10/h9-10H,4-8H2,1-3H3,(H,13,19)/t9-/m1/s1. The third kappa shape index (κ3) is 3.42. The number of unbranched alkanes of at least 4 members (excludes halogenated alkanes) is 1. The predicted molar refractivity (Wildman–Crippen MR) is 70.6 cm³/mol. The Morgan fingerprint density at radius 3 is 2.95 bits per heavy atom. The van der Waals surface area contributed by atoms with Gasteiger partial charge in [0.2, 0.25) is 0 Å². The fourth-order valence-corrected chi connectivity index (χ4v) is 1.92. The molecular formula is C12H22N6O. The highest BCUT2D eigenvalue weighted by molar-refractivity contribution is 5.74. The molecule has 1 aliphatic rings. The van der Waals surface area contributed by atoms with Crippen LogP contribution in [0.25, 0.3) is 0 Å². The predicted octanol–water partition coefficient (Wildman–Crippen LogP) is 1.51. The van der Waals surface area contributed by atoms with E-state index in [0.717, 1.165) is 38.1 Å². The summed E-state index contributed by atoms with van der Waals surface area (Å²) in [5, 5.41) is 14.7. The third-order valence-corrected chi connectivity index (χ3v) is 3.33. The average Bonchev–Trinajstić information content (AvgIpc) is 3.12. The van der Waals surface area contributed by atoms with Gasteiger partial charge in [-0.2, -0.15) is 0 Å². The molecule has 0 saturated heterocycles. The van der Waals surface area contributed by atoms with Crippen LogP contribution in [0.5, 0.6) is 0 Å². The highest BCUT2D eigenvalue weighted by Gasteiger charge is 2.30. The molecule has 1 atom stereocenters. The van der Waals surface area contributed by atoms with Crippen LogP contribution in [0, 0.1) is 0 Å². The fraction of sp³-hybridized carbons (Fsp3) is 0.833. The lowest BCUT2D eigenvalue weighted by atomic mass is 10.3. The summed E-state index contributed by atoms with van der Waals surface area (Å²) in [6, 6.07) is 0.167. The second-order valence-electron chi connectivity index (χ2n) is 5.16. The largest absolute Gasteiger partial charge is 0.328 e. The van der Waals surface area contributed by atoms with E-state index in [1.807, 2.05) is 18.7 Å². The minimum absolute atomic E-state index is 0.0775. The van der Waals surface area contributed by atoms with Crippen molar-refractivity contribution >= 4 is 6.03 Å². The number of rotatable bonds is 6. The third-order valence-electron chi connectivity index (χ3n) is 3.33. The van der Waals surface area contributed by atoms with E-state index >= 15 is 0 Å². The van der Waals surface area contributed by atoms with Gasteiger partial charge in [0.15, 0.2) is 5.82 Å². The minimum atomic E-state index is -0.174. The zero-order valence-corrected chi connectivity index (χ0v) is 11.8. The average molecular weight is 266 g/mol. The van der Waals surface area contributed by atoms with Crippen molar-refractivity contribution in [2.24, 2.45) is 0 Å². The van der Waals surface area contributed by atoms with E-state index in [1.165, 1.54) is 0 Å². The Morgan fingerprint density at radius 1 is 1.58 bits per heavy atom. The number of carbonyl (C=O) groups excluding carboxylic acids is 1. The molecule has 106 valence electrons. The molecule has 0 spiro atoms. The van der Waals surface area contributed by atoms with E-state index in [-0.39, 0.29) is 12.1 Å². The fourth-order valence-electron chi connectivity index (χ4n) is 1.92. The van der Waals surface area contributed by atoms with Crippen LogP contribution in [-0.2, 0) is 0 Å². The van der Waals surface area contributed by atoms with Crippen LogP contribution in [-0.4, -0.2) is 44.7 Å². The number of tetrazole rings is 1. The second-order valence-corrected chi connectivity index (χ2v) is 5.16. The van der Waals surface area contributed by atoms with Gasteiger partial charge in [0.25, 0.3) is 0 Å². The first-order chi connectivity index (χ1) is 9.13. The molecule has 0 bridgehead atoms.